The van der Waals surface area contributed by atoms with Gasteiger partial charge in [-0.3, -0.25) is 4.98 Å². The summed E-state index contributed by atoms with van der Waals surface area (Å²) >= 11 is 0. The van der Waals surface area contributed by atoms with Gasteiger partial charge in [-0.25, -0.2) is 0 Å². The minimum absolute atomic E-state index is 0.984. The lowest BCUT2D eigenvalue weighted by Gasteiger charge is -2.33. The molecule has 1 aliphatic heterocycles. The predicted octanol–water partition coefficient (Wildman–Crippen LogP) is 5.05. The van der Waals surface area contributed by atoms with Crippen LogP contribution in [0.4, 0.5) is 5.69 Å². The number of anilines is 1. The molecule has 1 aliphatic rings. The standard InChI is InChI=1S/C23H24N2/c1-18-4-2-5-19(16-18)6-10-22-11-7-21(17-24-22)20-8-12-23(13-9-20)25-14-3-15-25/h2,4-5,7-9,11-13,16-17H,3,6,10,14-15H2,1H3. The summed E-state index contributed by atoms with van der Waals surface area (Å²) in [6.07, 6.45) is 5.34. The first-order valence-corrected chi connectivity index (χ1v) is 9.14. The largest absolute Gasteiger partial charge is 0.371 e. The van der Waals surface area contributed by atoms with Crippen LogP contribution in [0.3, 0.4) is 0 Å². The normalized spacial score (nSPS) is 13.6. The molecule has 2 heteroatoms. The monoisotopic (exact) mass is 328 g/mol. The number of hydrogen-bond acceptors (Lipinski definition) is 2. The van der Waals surface area contributed by atoms with Crippen LogP contribution in [0.5, 0.6) is 0 Å². The van der Waals surface area contributed by atoms with Crippen molar-refractivity contribution in [2.45, 2.75) is 26.2 Å². The number of hydrogen-bond donors (Lipinski definition) is 0. The fourth-order valence-corrected chi connectivity index (χ4v) is 3.32. The van der Waals surface area contributed by atoms with Crippen molar-refractivity contribution < 1.29 is 0 Å². The maximum atomic E-state index is 4.67. The van der Waals surface area contributed by atoms with Crippen molar-refractivity contribution in [3.63, 3.8) is 0 Å². The fourth-order valence-electron chi connectivity index (χ4n) is 3.32. The Morgan fingerprint density at radius 2 is 1.68 bits per heavy atom. The van der Waals surface area contributed by atoms with E-state index in [2.05, 4.69) is 77.5 Å². The highest BCUT2D eigenvalue weighted by atomic mass is 15.2. The van der Waals surface area contributed by atoms with E-state index in [1.54, 1.807) is 0 Å². The van der Waals surface area contributed by atoms with E-state index in [0.29, 0.717) is 0 Å². The summed E-state index contributed by atoms with van der Waals surface area (Å²) in [7, 11) is 0. The minimum Gasteiger partial charge on any atom is -0.371 e. The maximum Gasteiger partial charge on any atom is 0.0407 e. The van der Waals surface area contributed by atoms with E-state index in [-0.39, 0.29) is 0 Å². The molecule has 3 aromatic rings. The summed E-state index contributed by atoms with van der Waals surface area (Å²) < 4.78 is 0. The van der Waals surface area contributed by atoms with Crippen LogP contribution < -0.4 is 4.90 Å². The average molecular weight is 328 g/mol. The Balaban J connectivity index is 1.41. The van der Waals surface area contributed by atoms with Crippen LogP contribution in [-0.2, 0) is 12.8 Å². The van der Waals surface area contributed by atoms with E-state index < -0.39 is 0 Å². The van der Waals surface area contributed by atoms with E-state index >= 15 is 0 Å². The summed E-state index contributed by atoms with van der Waals surface area (Å²) in [6.45, 7) is 4.52. The van der Waals surface area contributed by atoms with Gasteiger partial charge in [0.15, 0.2) is 0 Å². The Bertz CT molecular complexity index is 831. The van der Waals surface area contributed by atoms with Gasteiger partial charge in [-0.15, -0.1) is 0 Å². The molecule has 0 atom stereocenters. The number of aryl methyl sites for hydroxylation is 3. The molecule has 0 spiro atoms. The molecular formula is C23H24N2. The Morgan fingerprint density at radius 1 is 0.880 bits per heavy atom. The van der Waals surface area contributed by atoms with Gasteiger partial charge >= 0.3 is 0 Å². The van der Waals surface area contributed by atoms with Crippen molar-refractivity contribution >= 4 is 5.69 Å². The molecule has 1 fully saturated rings. The second-order valence-electron chi connectivity index (χ2n) is 6.91. The van der Waals surface area contributed by atoms with Crippen LogP contribution in [-0.4, -0.2) is 18.1 Å². The second-order valence-corrected chi connectivity index (χ2v) is 6.91. The molecule has 2 aromatic carbocycles. The number of aromatic nitrogens is 1. The molecule has 4 rings (SSSR count). The molecule has 0 unspecified atom stereocenters. The molecule has 2 heterocycles. The zero-order valence-corrected chi connectivity index (χ0v) is 14.8. The molecule has 0 radical (unpaired) electrons. The lowest BCUT2D eigenvalue weighted by atomic mass is 10.0. The SMILES string of the molecule is Cc1cccc(CCc2ccc(-c3ccc(N4CCC4)cc3)cn2)c1. The zero-order valence-electron chi connectivity index (χ0n) is 14.8. The first-order valence-electron chi connectivity index (χ1n) is 9.14. The molecule has 0 bridgehead atoms. The van der Waals surface area contributed by atoms with Gasteiger partial charge in [0.05, 0.1) is 0 Å². The summed E-state index contributed by atoms with van der Waals surface area (Å²) in [5.41, 5.74) is 7.62. The Morgan fingerprint density at radius 3 is 2.32 bits per heavy atom. The van der Waals surface area contributed by atoms with E-state index in [0.717, 1.165) is 18.5 Å². The summed E-state index contributed by atoms with van der Waals surface area (Å²) in [6, 6.07) is 21.9. The zero-order chi connectivity index (χ0) is 17.1. The van der Waals surface area contributed by atoms with Crippen LogP contribution in [0.15, 0.2) is 66.9 Å². The Labute approximate surface area is 150 Å². The first-order chi connectivity index (χ1) is 12.3. The quantitative estimate of drug-likeness (QED) is 0.651. The topological polar surface area (TPSA) is 16.1 Å². The third-order valence-electron chi connectivity index (χ3n) is 5.00. The highest BCUT2D eigenvalue weighted by Gasteiger charge is 2.13. The number of rotatable bonds is 5. The van der Waals surface area contributed by atoms with Gasteiger partial charge < -0.3 is 4.90 Å². The highest BCUT2D eigenvalue weighted by molar-refractivity contribution is 5.66. The minimum atomic E-state index is 0.984. The van der Waals surface area contributed by atoms with Crippen LogP contribution in [0.1, 0.15) is 23.2 Å². The maximum absolute atomic E-state index is 4.67. The smallest absolute Gasteiger partial charge is 0.0407 e. The Kier molecular flexibility index (Phi) is 4.51. The van der Waals surface area contributed by atoms with Gasteiger partial charge in [0.25, 0.3) is 0 Å². The van der Waals surface area contributed by atoms with E-state index in [1.807, 2.05) is 6.20 Å². The lowest BCUT2D eigenvalue weighted by Crippen LogP contribution is -2.36. The molecular weight excluding hydrogens is 304 g/mol. The van der Waals surface area contributed by atoms with Crippen molar-refractivity contribution in [2.24, 2.45) is 0 Å². The predicted molar refractivity (Wildman–Crippen MR) is 105 cm³/mol. The molecule has 1 aromatic heterocycles. The number of nitrogens with zero attached hydrogens (tertiary/aromatic N) is 2. The van der Waals surface area contributed by atoms with Gasteiger partial charge in [-0.05, 0) is 55.5 Å². The summed E-state index contributed by atoms with van der Waals surface area (Å²) in [5.74, 6) is 0. The third-order valence-corrected chi connectivity index (χ3v) is 5.00. The highest BCUT2D eigenvalue weighted by Crippen LogP contribution is 2.25. The second kappa shape index (κ2) is 7.10. The van der Waals surface area contributed by atoms with E-state index in [4.69, 9.17) is 0 Å². The van der Waals surface area contributed by atoms with Crippen LogP contribution in [0.25, 0.3) is 11.1 Å². The fraction of sp³-hybridized carbons (Fsp3) is 0.261. The molecule has 25 heavy (non-hydrogen) atoms. The molecule has 0 saturated carbocycles. The van der Waals surface area contributed by atoms with Gasteiger partial charge in [0, 0.05) is 36.2 Å². The van der Waals surface area contributed by atoms with E-state index in [9.17, 15) is 0 Å². The molecule has 0 aliphatic carbocycles. The van der Waals surface area contributed by atoms with Gasteiger partial charge in [0.2, 0.25) is 0 Å². The number of pyridine rings is 1. The first kappa shape index (κ1) is 15.9. The number of benzene rings is 2. The van der Waals surface area contributed by atoms with Crippen molar-refractivity contribution in [3.8, 4) is 11.1 Å². The molecule has 2 nitrogen and oxygen atoms in total. The van der Waals surface area contributed by atoms with Crippen LogP contribution in [0.2, 0.25) is 0 Å². The van der Waals surface area contributed by atoms with Crippen molar-refractivity contribution in [1.82, 2.24) is 4.98 Å². The van der Waals surface area contributed by atoms with E-state index in [1.165, 1.54) is 47.5 Å². The van der Waals surface area contributed by atoms with Gasteiger partial charge in [-0.1, -0.05) is 48.0 Å². The molecule has 1 saturated heterocycles. The van der Waals surface area contributed by atoms with Crippen molar-refractivity contribution in [3.05, 3.63) is 83.7 Å². The Hall–Kier alpha value is -2.61. The van der Waals surface area contributed by atoms with Crippen molar-refractivity contribution in [1.29, 1.82) is 0 Å². The summed E-state index contributed by atoms with van der Waals surface area (Å²) in [5, 5.41) is 0. The average Bonchev–Trinajstić information content (AvgIpc) is 2.60. The van der Waals surface area contributed by atoms with Gasteiger partial charge in [-0.2, -0.15) is 0 Å². The third kappa shape index (κ3) is 3.74. The molecule has 0 amide bonds. The van der Waals surface area contributed by atoms with Crippen LogP contribution >= 0.6 is 0 Å². The molecule has 0 N–H and O–H groups in total. The van der Waals surface area contributed by atoms with Crippen LogP contribution in [0, 0.1) is 6.92 Å². The van der Waals surface area contributed by atoms with Crippen molar-refractivity contribution in [2.75, 3.05) is 18.0 Å². The summed E-state index contributed by atoms with van der Waals surface area (Å²) in [4.78, 5) is 7.08. The lowest BCUT2D eigenvalue weighted by molar-refractivity contribution is 0.618. The molecule has 126 valence electrons. The van der Waals surface area contributed by atoms with Gasteiger partial charge in [0.1, 0.15) is 0 Å².